The van der Waals surface area contributed by atoms with E-state index in [4.69, 9.17) is 11.0 Å². The molecule has 0 bridgehead atoms. The normalized spacial score (nSPS) is 17.1. The number of hydrogen-bond donors (Lipinski definition) is 0. The van der Waals surface area contributed by atoms with Gasteiger partial charge in [0.1, 0.15) is 11.2 Å². The first-order valence-corrected chi connectivity index (χ1v) is 19.3. The topological polar surface area (TPSA) is 25.3 Å². The Morgan fingerprint density at radius 1 is 0.667 bits per heavy atom. The number of hydrogen-bond acceptors (Lipinski definition) is 1. The van der Waals surface area contributed by atoms with E-state index in [0.29, 0.717) is 0 Å². The van der Waals surface area contributed by atoms with E-state index in [9.17, 15) is 0 Å². The van der Waals surface area contributed by atoms with E-state index in [1.54, 1.807) is 0 Å². The summed E-state index contributed by atoms with van der Waals surface area (Å²) in [6.07, 6.45) is 6.49. The summed E-state index contributed by atoms with van der Waals surface area (Å²) in [5.41, 5.74) is 15.8. The van der Waals surface area contributed by atoms with Crippen LogP contribution >= 0.6 is 0 Å². The lowest BCUT2D eigenvalue weighted by Gasteiger charge is -2.29. The lowest BCUT2D eigenvalue weighted by molar-refractivity contribution is -0.727. The van der Waals surface area contributed by atoms with Gasteiger partial charge >= 0.3 is 0 Å². The predicted molar refractivity (Wildman–Crippen MR) is 220 cm³/mol. The maximum atomic E-state index is 6.63. The molecule has 5 aromatic heterocycles. The van der Waals surface area contributed by atoms with Crippen molar-refractivity contribution < 1.29 is 13.6 Å². The van der Waals surface area contributed by atoms with Crippen molar-refractivity contribution in [2.75, 3.05) is 0 Å². The summed E-state index contributed by atoms with van der Waals surface area (Å²) in [6.45, 7) is 11.9. The van der Waals surface area contributed by atoms with E-state index in [2.05, 4.69) is 168 Å². The number of allylic oxidation sites excluding steroid dienone is 1. The molecule has 2 aliphatic heterocycles. The zero-order valence-electron chi connectivity index (χ0n) is 30.7. The van der Waals surface area contributed by atoms with Crippen LogP contribution in [0.2, 0.25) is 0 Å². The monoisotopic (exact) mass is 697 g/mol. The van der Waals surface area contributed by atoms with Crippen LogP contribution in [-0.4, -0.2) is 4.40 Å². The Kier molecular flexibility index (Phi) is 5.85. The summed E-state index contributed by atoms with van der Waals surface area (Å²) in [5.74, 6) is 0.253. The van der Waals surface area contributed by atoms with Crippen LogP contribution in [0.3, 0.4) is 0 Å². The number of furan rings is 1. The lowest BCUT2D eigenvalue weighted by atomic mass is 9.78. The molecule has 0 aliphatic carbocycles. The summed E-state index contributed by atoms with van der Waals surface area (Å²) < 4.78 is 14.1. The maximum absolute atomic E-state index is 6.63. The zero-order valence-corrected chi connectivity index (χ0v) is 30.7. The van der Waals surface area contributed by atoms with Crippen LogP contribution in [-0.2, 0) is 11.8 Å². The van der Waals surface area contributed by atoms with Crippen molar-refractivity contribution in [3.05, 3.63) is 157 Å². The van der Waals surface area contributed by atoms with Gasteiger partial charge in [0.15, 0.2) is 12.4 Å². The Balaban J connectivity index is 1.23. The second-order valence-electron chi connectivity index (χ2n) is 16.6. The second kappa shape index (κ2) is 10.4. The van der Waals surface area contributed by atoms with Gasteiger partial charge in [0.05, 0.1) is 28.0 Å². The first kappa shape index (κ1) is 30.2. The first-order valence-electron chi connectivity index (χ1n) is 19.3. The summed E-state index contributed by atoms with van der Waals surface area (Å²) in [5, 5.41) is 7.38. The Hall–Kier alpha value is -6.26. The number of fused-ring (bicyclic) bond motifs is 19. The highest BCUT2D eigenvalue weighted by Gasteiger charge is 2.47. The van der Waals surface area contributed by atoms with Crippen LogP contribution in [0.4, 0.5) is 0 Å². The molecule has 0 amide bonds. The fourth-order valence-electron chi connectivity index (χ4n) is 10.2. The summed E-state index contributed by atoms with van der Waals surface area (Å²) in [7, 11) is 0. The average molecular weight is 698 g/mol. The Morgan fingerprint density at radius 2 is 1.46 bits per heavy atom. The Morgan fingerprint density at radius 3 is 2.35 bits per heavy atom. The molecule has 0 N–H and O–H groups in total. The molecule has 0 fully saturated rings. The number of rotatable bonds is 0. The fourth-order valence-corrected chi connectivity index (χ4v) is 10.2. The molecular weight excluding hydrogens is 659 g/mol. The van der Waals surface area contributed by atoms with Crippen molar-refractivity contribution in [2.24, 2.45) is 0 Å². The summed E-state index contributed by atoms with van der Waals surface area (Å²) >= 11 is 0. The average Bonchev–Trinajstić information content (AvgIpc) is 3.85. The van der Waals surface area contributed by atoms with Crippen LogP contribution in [0.1, 0.15) is 55.8 Å². The van der Waals surface area contributed by atoms with Crippen LogP contribution in [0.5, 0.6) is 0 Å². The van der Waals surface area contributed by atoms with Crippen molar-refractivity contribution in [1.82, 2.24) is 4.40 Å². The van der Waals surface area contributed by atoms with E-state index in [-0.39, 0.29) is 17.4 Å². The van der Waals surface area contributed by atoms with E-state index in [1.165, 1.54) is 82.7 Å². The molecule has 2 aliphatic rings. The van der Waals surface area contributed by atoms with Gasteiger partial charge in [-0.05, 0) is 84.0 Å². The number of para-hydroxylation sites is 2. The number of aromatic nitrogens is 3. The number of aryl methyl sites for hydroxylation is 1. The molecule has 0 radical (unpaired) electrons. The standard InChI is InChI=1S/C50H39N3O/c1-29-48-35(32-13-5-6-14-33(32)40-17-11-12-23-52(40)48)21-20-30-25-43-39(27-37(30)42-26-31(50(2,3)4)22-24-51(29)42)47-46-36-16-8-10-19-44(36)54-45(46)28-38-34-15-7-9-18-41(34)53(43)49(38)47/h5-19,22-28,35,48H,1,20-21H2,2-4H3/q+2. The number of nitrogens with zero attached hydrogens (tertiary/aromatic N) is 3. The van der Waals surface area contributed by atoms with Crippen molar-refractivity contribution in [1.29, 1.82) is 0 Å². The van der Waals surface area contributed by atoms with Crippen LogP contribution in [0.25, 0.3) is 88.2 Å². The maximum Gasteiger partial charge on any atom is 0.249 e. The van der Waals surface area contributed by atoms with Crippen molar-refractivity contribution >= 4 is 65.7 Å². The molecule has 4 nitrogen and oxygen atoms in total. The van der Waals surface area contributed by atoms with Crippen molar-refractivity contribution in [2.45, 2.75) is 51.0 Å². The minimum atomic E-state index is -0.0232. The molecule has 2 unspecified atom stereocenters. The van der Waals surface area contributed by atoms with Crippen LogP contribution in [0.15, 0.2) is 145 Å². The third kappa shape index (κ3) is 3.87. The van der Waals surface area contributed by atoms with Crippen LogP contribution < -0.4 is 9.13 Å². The first-order chi connectivity index (χ1) is 26.3. The number of pyridine rings is 2. The third-order valence-corrected chi connectivity index (χ3v) is 12.7. The van der Waals surface area contributed by atoms with E-state index < -0.39 is 0 Å². The predicted octanol–water partition coefficient (Wildman–Crippen LogP) is 11.7. The van der Waals surface area contributed by atoms with Crippen molar-refractivity contribution in [3.8, 4) is 22.5 Å². The smallest absolute Gasteiger partial charge is 0.249 e. The fraction of sp³-hybridized carbons (Fsp3) is 0.160. The second-order valence-corrected chi connectivity index (χ2v) is 16.6. The number of benzene rings is 5. The van der Waals surface area contributed by atoms with Gasteiger partial charge in [0, 0.05) is 62.1 Å². The Labute approximate surface area is 313 Å². The minimum absolute atomic E-state index is 0.0232. The van der Waals surface area contributed by atoms with E-state index in [0.717, 1.165) is 35.1 Å². The van der Waals surface area contributed by atoms with Gasteiger partial charge in [-0.3, -0.25) is 0 Å². The SMILES string of the molecule is C=C1C2C(CCc3cc4c(cc3-c3cc(C(C)(C)C)cc[n+]31)c1c3c(cc5c6ccccc6n4c51)oc1ccccc13)c1ccccc1-c1cccc[n+]12. The molecule has 0 saturated heterocycles. The highest BCUT2D eigenvalue weighted by molar-refractivity contribution is 6.35. The van der Waals surface area contributed by atoms with E-state index >= 15 is 0 Å². The van der Waals surface area contributed by atoms with Gasteiger partial charge in [-0.2, -0.15) is 9.13 Å². The molecular formula is C50H39N3O+2. The van der Waals surface area contributed by atoms with Gasteiger partial charge in [0.25, 0.3) is 0 Å². The third-order valence-electron chi connectivity index (χ3n) is 12.7. The van der Waals surface area contributed by atoms with Gasteiger partial charge in [-0.1, -0.05) is 75.4 Å². The van der Waals surface area contributed by atoms with Gasteiger partial charge in [-0.15, -0.1) is 0 Å². The highest BCUT2D eigenvalue weighted by Crippen LogP contribution is 2.49. The Bertz CT molecular complexity index is 3240. The molecule has 4 heteroatoms. The van der Waals surface area contributed by atoms with Gasteiger partial charge in [-0.25, -0.2) is 0 Å². The van der Waals surface area contributed by atoms with Gasteiger partial charge in [0.2, 0.25) is 23.1 Å². The van der Waals surface area contributed by atoms with Gasteiger partial charge < -0.3 is 8.82 Å². The van der Waals surface area contributed by atoms with Crippen LogP contribution in [0, 0.1) is 0 Å². The molecule has 12 rings (SSSR count). The molecule has 54 heavy (non-hydrogen) atoms. The molecule has 0 saturated carbocycles. The summed E-state index contributed by atoms with van der Waals surface area (Å²) in [6, 6.07) is 45.1. The molecule has 7 heterocycles. The quantitative estimate of drug-likeness (QED) is 0.145. The van der Waals surface area contributed by atoms with Crippen molar-refractivity contribution in [3.63, 3.8) is 0 Å². The van der Waals surface area contributed by atoms with E-state index in [1.807, 2.05) is 0 Å². The molecule has 2 atom stereocenters. The lowest BCUT2D eigenvalue weighted by Crippen LogP contribution is -2.53. The highest BCUT2D eigenvalue weighted by atomic mass is 16.3. The largest absolute Gasteiger partial charge is 0.456 e. The molecule has 5 aromatic carbocycles. The molecule has 10 aromatic rings. The zero-order chi connectivity index (χ0) is 36.0. The minimum Gasteiger partial charge on any atom is -0.456 e. The molecule has 258 valence electrons. The summed E-state index contributed by atoms with van der Waals surface area (Å²) in [4.78, 5) is 0. The molecule has 0 spiro atoms.